The molecule has 3 heteroatoms. The third-order valence-corrected chi connectivity index (χ3v) is 3.18. The van der Waals surface area contributed by atoms with E-state index in [-0.39, 0.29) is 0 Å². The van der Waals surface area contributed by atoms with Crippen molar-refractivity contribution in [1.82, 2.24) is 10.3 Å². The lowest BCUT2D eigenvalue weighted by Crippen LogP contribution is -2.34. The lowest BCUT2D eigenvalue weighted by atomic mass is 10.1. The standard InChI is InChI=1S/C13H17BrN2/c1-10(14)9-16-13(11-5-6-11)8-12-4-2-3-7-15-12/h2-4,7,11,13,16H,1,5-6,8-9H2. The molecule has 0 bridgehead atoms. The van der Waals surface area contributed by atoms with Crippen LogP contribution in [0.5, 0.6) is 0 Å². The number of halogens is 1. The van der Waals surface area contributed by atoms with Crippen molar-refractivity contribution in [2.75, 3.05) is 6.54 Å². The third kappa shape index (κ3) is 3.72. The summed E-state index contributed by atoms with van der Waals surface area (Å²) in [6, 6.07) is 6.66. The molecule has 1 heterocycles. The van der Waals surface area contributed by atoms with Gasteiger partial charge in [0, 0.05) is 35.4 Å². The monoisotopic (exact) mass is 280 g/mol. The van der Waals surface area contributed by atoms with Crippen molar-refractivity contribution in [3.63, 3.8) is 0 Å². The molecule has 1 aromatic heterocycles. The molecule has 16 heavy (non-hydrogen) atoms. The summed E-state index contributed by atoms with van der Waals surface area (Å²) in [5.74, 6) is 0.828. The Bertz CT molecular complexity index is 346. The third-order valence-electron chi connectivity index (χ3n) is 2.90. The Balaban J connectivity index is 1.90. The first-order valence-corrected chi connectivity index (χ1v) is 6.51. The average Bonchev–Trinajstić information content (AvgIpc) is 3.09. The molecule has 1 aromatic rings. The van der Waals surface area contributed by atoms with Crippen LogP contribution < -0.4 is 5.32 Å². The molecule has 0 aliphatic heterocycles. The highest BCUT2D eigenvalue weighted by Gasteiger charge is 2.30. The second kappa shape index (κ2) is 5.60. The summed E-state index contributed by atoms with van der Waals surface area (Å²) in [6.07, 6.45) is 5.58. The first-order chi connectivity index (χ1) is 7.75. The van der Waals surface area contributed by atoms with Crippen molar-refractivity contribution in [1.29, 1.82) is 0 Å². The zero-order valence-electron chi connectivity index (χ0n) is 9.32. The fraction of sp³-hybridized carbons (Fsp3) is 0.462. The molecule has 1 atom stereocenters. The Morgan fingerprint density at radius 2 is 2.38 bits per heavy atom. The molecule has 2 nitrogen and oxygen atoms in total. The van der Waals surface area contributed by atoms with Gasteiger partial charge in [-0.15, -0.1) is 0 Å². The van der Waals surface area contributed by atoms with Gasteiger partial charge in [0.05, 0.1) is 0 Å². The zero-order valence-corrected chi connectivity index (χ0v) is 10.9. The van der Waals surface area contributed by atoms with E-state index in [2.05, 4.69) is 44.9 Å². The van der Waals surface area contributed by atoms with E-state index >= 15 is 0 Å². The Kier molecular flexibility index (Phi) is 4.13. The van der Waals surface area contributed by atoms with Gasteiger partial charge in [-0.25, -0.2) is 0 Å². The molecule has 0 amide bonds. The maximum absolute atomic E-state index is 4.38. The number of pyridine rings is 1. The molecule has 1 unspecified atom stereocenters. The molecule has 1 aliphatic carbocycles. The van der Waals surface area contributed by atoms with Crippen LogP contribution in [0.1, 0.15) is 18.5 Å². The SMILES string of the molecule is C=C(Br)CNC(Cc1ccccn1)C1CC1. The quantitative estimate of drug-likeness (QED) is 0.867. The fourth-order valence-corrected chi connectivity index (χ4v) is 2.05. The second-order valence-electron chi connectivity index (χ2n) is 4.37. The normalized spacial score (nSPS) is 17.1. The smallest absolute Gasteiger partial charge is 0.0419 e. The van der Waals surface area contributed by atoms with Gasteiger partial charge in [0.1, 0.15) is 0 Å². The topological polar surface area (TPSA) is 24.9 Å². The lowest BCUT2D eigenvalue weighted by molar-refractivity contribution is 0.477. The predicted octanol–water partition coefficient (Wildman–Crippen LogP) is 2.90. The van der Waals surface area contributed by atoms with Gasteiger partial charge in [-0.2, -0.15) is 0 Å². The van der Waals surface area contributed by atoms with Crippen LogP contribution in [0.15, 0.2) is 35.5 Å². The van der Waals surface area contributed by atoms with Gasteiger partial charge in [0.2, 0.25) is 0 Å². The first-order valence-electron chi connectivity index (χ1n) is 5.72. The fourth-order valence-electron chi connectivity index (χ4n) is 1.89. The van der Waals surface area contributed by atoms with Crippen LogP contribution in [0.2, 0.25) is 0 Å². The van der Waals surface area contributed by atoms with Crippen molar-refractivity contribution in [3.05, 3.63) is 41.2 Å². The molecule has 0 spiro atoms. The van der Waals surface area contributed by atoms with Crippen molar-refractivity contribution in [3.8, 4) is 0 Å². The summed E-state index contributed by atoms with van der Waals surface area (Å²) in [5.41, 5.74) is 1.17. The number of hydrogen-bond donors (Lipinski definition) is 1. The molecule has 86 valence electrons. The highest BCUT2D eigenvalue weighted by atomic mass is 79.9. The van der Waals surface area contributed by atoms with Crippen LogP contribution in [0, 0.1) is 5.92 Å². The highest BCUT2D eigenvalue weighted by Crippen LogP contribution is 2.34. The van der Waals surface area contributed by atoms with E-state index in [0.717, 1.165) is 23.4 Å². The Hall–Kier alpha value is -0.670. The van der Waals surface area contributed by atoms with Gasteiger partial charge < -0.3 is 5.32 Å². The summed E-state index contributed by atoms with van der Waals surface area (Å²) < 4.78 is 1.01. The number of nitrogens with one attached hydrogen (secondary N) is 1. The van der Waals surface area contributed by atoms with E-state index in [1.165, 1.54) is 18.5 Å². The van der Waals surface area contributed by atoms with Gasteiger partial charge in [0.25, 0.3) is 0 Å². The predicted molar refractivity (Wildman–Crippen MR) is 70.5 cm³/mol. The Morgan fingerprint density at radius 1 is 1.56 bits per heavy atom. The molecule has 1 aliphatic rings. The van der Waals surface area contributed by atoms with E-state index in [4.69, 9.17) is 0 Å². The van der Waals surface area contributed by atoms with Crippen LogP contribution in [-0.2, 0) is 6.42 Å². The van der Waals surface area contributed by atoms with Crippen LogP contribution in [0.4, 0.5) is 0 Å². The Morgan fingerprint density at radius 3 is 2.94 bits per heavy atom. The summed E-state index contributed by atoms with van der Waals surface area (Å²) >= 11 is 3.39. The Labute approximate surface area is 105 Å². The molecular weight excluding hydrogens is 264 g/mol. The van der Waals surface area contributed by atoms with Crippen LogP contribution in [-0.4, -0.2) is 17.6 Å². The van der Waals surface area contributed by atoms with Crippen LogP contribution in [0.25, 0.3) is 0 Å². The summed E-state index contributed by atoms with van der Waals surface area (Å²) in [6.45, 7) is 4.69. The van der Waals surface area contributed by atoms with Crippen LogP contribution in [0.3, 0.4) is 0 Å². The summed E-state index contributed by atoms with van der Waals surface area (Å²) in [7, 11) is 0. The first kappa shape index (κ1) is 11.8. The van der Waals surface area contributed by atoms with Crippen molar-refractivity contribution in [2.24, 2.45) is 5.92 Å². The lowest BCUT2D eigenvalue weighted by Gasteiger charge is -2.17. The van der Waals surface area contributed by atoms with Gasteiger partial charge in [-0.1, -0.05) is 28.6 Å². The molecule has 0 aromatic carbocycles. The van der Waals surface area contributed by atoms with Crippen molar-refractivity contribution < 1.29 is 0 Å². The van der Waals surface area contributed by atoms with Gasteiger partial charge >= 0.3 is 0 Å². The van der Waals surface area contributed by atoms with Gasteiger partial charge in [-0.05, 0) is 30.9 Å². The van der Waals surface area contributed by atoms with E-state index < -0.39 is 0 Å². The molecule has 1 N–H and O–H groups in total. The molecule has 1 fully saturated rings. The largest absolute Gasteiger partial charge is 0.309 e. The van der Waals surface area contributed by atoms with Gasteiger partial charge in [0.15, 0.2) is 0 Å². The minimum absolute atomic E-state index is 0.546. The van der Waals surface area contributed by atoms with Crippen molar-refractivity contribution in [2.45, 2.75) is 25.3 Å². The van der Waals surface area contributed by atoms with Crippen molar-refractivity contribution >= 4 is 15.9 Å². The van der Waals surface area contributed by atoms with E-state index in [9.17, 15) is 0 Å². The molecular formula is C13H17BrN2. The van der Waals surface area contributed by atoms with Gasteiger partial charge in [-0.3, -0.25) is 4.98 Å². The summed E-state index contributed by atoms with van der Waals surface area (Å²) in [5, 5.41) is 3.54. The van der Waals surface area contributed by atoms with E-state index in [1.54, 1.807) is 0 Å². The molecule has 1 saturated carbocycles. The maximum atomic E-state index is 4.38. The maximum Gasteiger partial charge on any atom is 0.0419 e. The number of rotatable bonds is 6. The van der Waals surface area contributed by atoms with E-state index in [1.807, 2.05) is 12.3 Å². The molecule has 2 rings (SSSR count). The number of aromatic nitrogens is 1. The zero-order chi connectivity index (χ0) is 11.4. The number of nitrogens with zero attached hydrogens (tertiary/aromatic N) is 1. The average molecular weight is 281 g/mol. The minimum Gasteiger partial charge on any atom is -0.309 e. The van der Waals surface area contributed by atoms with E-state index in [0.29, 0.717) is 6.04 Å². The summed E-state index contributed by atoms with van der Waals surface area (Å²) in [4.78, 5) is 4.38. The second-order valence-corrected chi connectivity index (χ2v) is 5.49. The number of hydrogen-bond acceptors (Lipinski definition) is 2. The highest BCUT2D eigenvalue weighted by molar-refractivity contribution is 9.11. The molecule has 0 radical (unpaired) electrons. The van der Waals surface area contributed by atoms with Crippen LogP contribution >= 0.6 is 15.9 Å². The molecule has 0 saturated heterocycles. The minimum atomic E-state index is 0.546.